The van der Waals surface area contributed by atoms with Crippen LogP contribution in [0.15, 0.2) is 24.3 Å². The molecule has 0 unspecified atom stereocenters. The molecule has 1 aromatic rings. The number of carbonyl (C=O) groups is 1. The number of hydrogen-bond donors (Lipinski definition) is 0. The minimum atomic E-state index is 0.0548. The molecule has 1 amide bonds. The van der Waals surface area contributed by atoms with Crippen molar-refractivity contribution in [3.63, 3.8) is 0 Å². The van der Waals surface area contributed by atoms with Gasteiger partial charge in [0.05, 0.1) is 18.8 Å². The van der Waals surface area contributed by atoms with Gasteiger partial charge in [0.25, 0.3) is 0 Å². The van der Waals surface area contributed by atoms with Gasteiger partial charge in [-0.15, -0.1) is 0 Å². The van der Waals surface area contributed by atoms with Crippen LogP contribution in [0.3, 0.4) is 0 Å². The number of rotatable bonds is 5. The number of benzene rings is 1. The molecule has 3 rings (SSSR count). The van der Waals surface area contributed by atoms with E-state index in [1.165, 1.54) is 0 Å². The number of halogens is 1. The number of ether oxygens (including phenoxy) is 2. The first kappa shape index (κ1) is 14.8. The van der Waals surface area contributed by atoms with Crippen molar-refractivity contribution in [3.05, 3.63) is 34.9 Å². The Morgan fingerprint density at radius 2 is 2.14 bits per heavy atom. The van der Waals surface area contributed by atoms with Crippen LogP contribution in [0.2, 0.25) is 5.02 Å². The van der Waals surface area contributed by atoms with Crippen LogP contribution >= 0.6 is 11.6 Å². The lowest BCUT2D eigenvalue weighted by atomic mass is 9.95. The monoisotopic (exact) mass is 309 g/mol. The highest BCUT2D eigenvalue weighted by atomic mass is 35.5. The predicted octanol–water partition coefficient (Wildman–Crippen LogP) is 2.81. The van der Waals surface area contributed by atoms with E-state index in [0.717, 1.165) is 43.0 Å². The molecule has 2 fully saturated rings. The maximum atomic E-state index is 12.2. The van der Waals surface area contributed by atoms with E-state index >= 15 is 0 Å². The van der Waals surface area contributed by atoms with Gasteiger partial charge in [0, 0.05) is 18.2 Å². The second-order valence-corrected chi connectivity index (χ2v) is 6.03. The summed E-state index contributed by atoms with van der Waals surface area (Å²) in [6, 6.07) is 7.87. The molecule has 2 atom stereocenters. The van der Waals surface area contributed by atoms with Gasteiger partial charge in [-0.05, 0) is 37.0 Å². The fourth-order valence-electron chi connectivity index (χ4n) is 2.85. The lowest BCUT2D eigenvalue weighted by Crippen LogP contribution is -2.46. The van der Waals surface area contributed by atoms with Crippen LogP contribution in [-0.2, 0) is 14.3 Å². The summed E-state index contributed by atoms with van der Waals surface area (Å²) in [6.45, 7) is 2.28. The van der Waals surface area contributed by atoms with Gasteiger partial charge in [-0.3, -0.25) is 4.79 Å². The quantitative estimate of drug-likeness (QED) is 0.839. The van der Waals surface area contributed by atoms with Crippen LogP contribution in [0.4, 0.5) is 0 Å². The molecular formula is C16H20ClNO3. The summed E-state index contributed by atoms with van der Waals surface area (Å²) in [7, 11) is 0. The Kier molecular flexibility index (Phi) is 4.78. The van der Waals surface area contributed by atoms with Gasteiger partial charge in [0.2, 0.25) is 5.91 Å². The van der Waals surface area contributed by atoms with E-state index in [4.69, 9.17) is 21.1 Å². The molecule has 0 aliphatic carbocycles. The summed E-state index contributed by atoms with van der Waals surface area (Å²) in [4.78, 5) is 14.1. The molecular weight excluding hydrogens is 290 g/mol. The molecule has 4 nitrogen and oxygen atoms in total. The molecule has 0 spiro atoms. The molecule has 2 saturated heterocycles. The first-order valence-corrected chi connectivity index (χ1v) is 7.86. The molecule has 1 aromatic carbocycles. The van der Waals surface area contributed by atoms with Crippen LogP contribution in [0.5, 0.6) is 0 Å². The molecule has 0 bridgehead atoms. The van der Waals surface area contributed by atoms with Crippen LogP contribution in [0.25, 0.3) is 0 Å². The van der Waals surface area contributed by atoms with Crippen LogP contribution < -0.4 is 0 Å². The molecule has 0 aromatic heterocycles. The topological polar surface area (TPSA) is 38.8 Å². The Hall–Kier alpha value is -1.10. The van der Waals surface area contributed by atoms with Crippen molar-refractivity contribution >= 4 is 17.5 Å². The smallest absolute Gasteiger partial charge is 0.249 e. The number of nitrogens with zero attached hydrogens (tertiary/aromatic N) is 1. The van der Waals surface area contributed by atoms with Gasteiger partial charge in [-0.25, -0.2) is 0 Å². The van der Waals surface area contributed by atoms with Crippen molar-refractivity contribution in [1.82, 2.24) is 4.90 Å². The third-order valence-corrected chi connectivity index (χ3v) is 4.40. The maximum Gasteiger partial charge on any atom is 0.249 e. The minimum Gasteiger partial charge on any atom is -0.376 e. The molecule has 0 saturated carbocycles. The summed E-state index contributed by atoms with van der Waals surface area (Å²) in [5.74, 6) is 0.0548. The van der Waals surface area contributed by atoms with Gasteiger partial charge < -0.3 is 14.4 Å². The molecule has 2 heterocycles. The SMILES string of the molecule is O=C(COC[C@H]1CCCO1)N1CC[C@@H]1c1ccc(Cl)cc1. The van der Waals surface area contributed by atoms with E-state index in [-0.39, 0.29) is 24.7 Å². The first-order valence-electron chi connectivity index (χ1n) is 7.48. The van der Waals surface area contributed by atoms with Crippen molar-refractivity contribution < 1.29 is 14.3 Å². The lowest BCUT2D eigenvalue weighted by molar-refractivity contribution is -0.145. The largest absolute Gasteiger partial charge is 0.376 e. The van der Waals surface area contributed by atoms with Crippen molar-refractivity contribution in [2.75, 3.05) is 26.4 Å². The Balaban J connectivity index is 1.47. The Bertz CT molecular complexity index is 485. The highest BCUT2D eigenvalue weighted by Gasteiger charge is 2.33. The van der Waals surface area contributed by atoms with E-state index in [1.54, 1.807) is 0 Å². The van der Waals surface area contributed by atoms with Crippen molar-refractivity contribution in [2.45, 2.75) is 31.4 Å². The lowest BCUT2D eigenvalue weighted by Gasteiger charge is -2.41. The zero-order chi connectivity index (χ0) is 14.7. The van der Waals surface area contributed by atoms with Gasteiger partial charge >= 0.3 is 0 Å². The molecule has 114 valence electrons. The van der Waals surface area contributed by atoms with Crippen LogP contribution in [0.1, 0.15) is 30.9 Å². The number of carbonyl (C=O) groups excluding carboxylic acids is 1. The number of likely N-dealkylation sites (tertiary alicyclic amines) is 1. The van der Waals surface area contributed by atoms with Crippen molar-refractivity contribution in [1.29, 1.82) is 0 Å². The van der Waals surface area contributed by atoms with Crippen LogP contribution in [0, 0.1) is 0 Å². The molecule has 2 aliphatic rings. The zero-order valence-corrected chi connectivity index (χ0v) is 12.7. The van der Waals surface area contributed by atoms with E-state index in [1.807, 2.05) is 29.2 Å². The molecule has 0 N–H and O–H groups in total. The molecule has 0 radical (unpaired) electrons. The summed E-state index contributed by atoms with van der Waals surface area (Å²) < 4.78 is 11.0. The van der Waals surface area contributed by atoms with Gasteiger partial charge in [0.15, 0.2) is 0 Å². The highest BCUT2D eigenvalue weighted by molar-refractivity contribution is 6.30. The third-order valence-electron chi connectivity index (χ3n) is 4.15. The molecule has 2 aliphatic heterocycles. The molecule has 5 heteroatoms. The van der Waals surface area contributed by atoms with Crippen LogP contribution in [-0.4, -0.2) is 43.3 Å². The summed E-state index contributed by atoms with van der Waals surface area (Å²) in [5, 5.41) is 0.718. The van der Waals surface area contributed by atoms with E-state index in [0.29, 0.717) is 6.61 Å². The van der Waals surface area contributed by atoms with Gasteiger partial charge in [-0.2, -0.15) is 0 Å². The number of amides is 1. The fourth-order valence-corrected chi connectivity index (χ4v) is 2.98. The second-order valence-electron chi connectivity index (χ2n) is 5.59. The Labute approximate surface area is 130 Å². The number of hydrogen-bond acceptors (Lipinski definition) is 3. The predicted molar refractivity (Wildman–Crippen MR) is 80.3 cm³/mol. The average Bonchev–Trinajstić information content (AvgIpc) is 2.93. The summed E-state index contributed by atoms with van der Waals surface area (Å²) in [5.41, 5.74) is 1.14. The Morgan fingerprint density at radius 3 is 2.76 bits per heavy atom. The fraction of sp³-hybridized carbons (Fsp3) is 0.562. The average molecular weight is 310 g/mol. The minimum absolute atomic E-state index is 0.0548. The van der Waals surface area contributed by atoms with Crippen molar-refractivity contribution in [3.8, 4) is 0 Å². The normalized spacial score (nSPS) is 24.9. The second kappa shape index (κ2) is 6.77. The zero-order valence-electron chi connectivity index (χ0n) is 12.0. The highest BCUT2D eigenvalue weighted by Crippen LogP contribution is 2.33. The van der Waals surface area contributed by atoms with Gasteiger partial charge in [-0.1, -0.05) is 23.7 Å². The first-order chi connectivity index (χ1) is 10.2. The van der Waals surface area contributed by atoms with E-state index in [2.05, 4.69) is 0 Å². The molecule has 21 heavy (non-hydrogen) atoms. The standard InChI is InChI=1S/C16H20ClNO3/c17-13-5-3-12(4-6-13)15-7-8-18(15)16(19)11-20-10-14-2-1-9-21-14/h3-6,14-15H,1-2,7-11H2/t14-,15-/m1/s1. The summed E-state index contributed by atoms with van der Waals surface area (Å²) >= 11 is 5.89. The summed E-state index contributed by atoms with van der Waals surface area (Å²) in [6.07, 6.45) is 3.29. The van der Waals surface area contributed by atoms with E-state index < -0.39 is 0 Å². The third kappa shape index (κ3) is 3.57. The van der Waals surface area contributed by atoms with Gasteiger partial charge in [0.1, 0.15) is 6.61 Å². The van der Waals surface area contributed by atoms with E-state index in [9.17, 15) is 4.79 Å². The maximum absolute atomic E-state index is 12.2. The Morgan fingerprint density at radius 1 is 1.33 bits per heavy atom. The van der Waals surface area contributed by atoms with Crippen molar-refractivity contribution in [2.24, 2.45) is 0 Å².